The number of nitrogens with two attached hydrogens (primary N) is 1. The predicted molar refractivity (Wildman–Crippen MR) is 52.3 cm³/mol. The van der Waals surface area contributed by atoms with Gasteiger partial charge in [0.2, 0.25) is 0 Å². The summed E-state index contributed by atoms with van der Waals surface area (Å²) in [5, 5.41) is -3.30. The van der Waals surface area contributed by atoms with Crippen molar-refractivity contribution >= 4 is 23.2 Å². The Hall–Kier alpha value is -0.420. The summed E-state index contributed by atoms with van der Waals surface area (Å²) in [6.45, 7) is 0. The first kappa shape index (κ1) is 11.7. The second kappa shape index (κ2) is 4.40. The number of hydrazine groups is 1. The summed E-state index contributed by atoms with van der Waals surface area (Å²) in [4.78, 5) is 0. The Morgan fingerprint density at radius 1 is 1.36 bits per heavy atom. The summed E-state index contributed by atoms with van der Waals surface area (Å²) in [5.41, 5.74) is 2.10. The highest BCUT2D eigenvalue weighted by Gasteiger charge is 2.38. The summed E-state index contributed by atoms with van der Waals surface area (Å²) in [6, 6.07) is 4.63. The molecule has 0 saturated heterocycles. The Bertz CT molecular complexity index is 314. The second-order valence-electron chi connectivity index (χ2n) is 2.66. The van der Waals surface area contributed by atoms with Crippen LogP contribution in [-0.2, 0) is 0 Å². The first-order valence-electron chi connectivity index (χ1n) is 3.74. The Morgan fingerprint density at radius 2 is 1.93 bits per heavy atom. The molecule has 78 valence electrons. The number of benzene rings is 1. The molecule has 1 aromatic rings. The van der Waals surface area contributed by atoms with Crippen LogP contribution in [0.5, 0.6) is 0 Å². The van der Waals surface area contributed by atoms with E-state index in [-0.39, 0.29) is 10.6 Å². The van der Waals surface area contributed by atoms with Crippen molar-refractivity contribution in [2.45, 2.75) is 11.4 Å². The van der Waals surface area contributed by atoms with Crippen LogP contribution in [0.3, 0.4) is 0 Å². The largest absolute Gasteiger partial charge is 0.342 e. The van der Waals surface area contributed by atoms with E-state index in [0.29, 0.717) is 0 Å². The van der Waals surface area contributed by atoms with Crippen molar-refractivity contribution in [2.75, 3.05) is 0 Å². The van der Waals surface area contributed by atoms with Gasteiger partial charge < -0.3 is 0 Å². The summed E-state index contributed by atoms with van der Waals surface area (Å²) in [7, 11) is 0. The molecule has 1 aromatic carbocycles. The number of hydrogen-bond donors (Lipinski definition) is 2. The average molecular weight is 241 g/mol. The van der Waals surface area contributed by atoms with Crippen LogP contribution in [0.15, 0.2) is 24.3 Å². The lowest BCUT2D eigenvalue weighted by Gasteiger charge is -2.21. The first-order valence-corrected chi connectivity index (χ1v) is 4.49. The highest BCUT2D eigenvalue weighted by atomic mass is 35.5. The molecule has 0 radical (unpaired) electrons. The van der Waals surface area contributed by atoms with Gasteiger partial charge in [0.1, 0.15) is 6.04 Å². The van der Waals surface area contributed by atoms with Crippen molar-refractivity contribution in [1.29, 1.82) is 0 Å². The monoisotopic (exact) mass is 240 g/mol. The van der Waals surface area contributed by atoms with Crippen LogP contribution < -0.4 is 11.3 Å². The van der Waals surface area contributed by atoms with E-state index in [1.165, 1.54) is 12.1 Å². The molecule has 3 N–H and O–H groups in total. The highest BCUT2D eigenvalue weighted by Crippen LogP contribution is 2.37. The van der Waals surface area contributed by atoms with Crippen molar-refractivity contribution in [3.05, 3.63) is 34.9 Å². The SMILES string of the molecule is NNC(c1ccccc1Cl)C(F)(F)Cl. The van der Waals surface area contributed by atoms with Crippen LogP contribution in [-0.4, -0.2) is 5.38 Å². The van der Waals surface area contributed by atoms with Crippen LogP contribution >= 0.6 is 23.2 Å². The molecule has 0 heterocycles. The lowest BCUT2D eigenvalue weighted by Crippen LogP contribution is -2.38. The predicted octanol–water partition coefficient (Wildman–Crippen LogP) is 2.68. The van der Waals surface area contributed by atoms with Gasteiger partial charge in [0, 0.05) is 5.02 Å². The summed E-state index contributed by atoms with van der Waals surface area (Å²) < 4.78 is 25.6. The van der Waals surface area contributed by atoms with Crippen LogP contribution in [0.1, 0.15) is 11.6 Å². The fourth-order valence-corrected chi connectivity index (χ4v) is 1.50. The third-order valence-electron chi connectivity index (χ3n) is 1.71. The molecule has 0 aliphatic rings. The molecular weight excluding hydrogens is 233 g/mol. The smallest absolute Gasteiger partial charge is 0.271 e. The first-order chi connectivity index (χ1) is 6.46. The van der Waals surface area contributed by atoms with E-state index < -0.39 is 11.4 Å². The molecule has 0 aliphatic carbocycles. The molecule has 1 atom stereocenters. The van der Waals surface area contributed by atoms with E-state index in [4.69, 9.17) is 29.0 Å². The van der Waals surface area contributed by atoms with Crippen molar-refractivity contribution in [1.82, 2.24) is 5.43 Å². The van der Waals surface area contributed by atoms with Gasteiger partial charge in [-0.25, -0.2) is 5.43 Å². The molecule has 14 heavy (non-hydrogen) atoms. The van der Waals surface area contributed by atoms with E-state index in [2.05, 4.69) is 0 Å². The molecule has 6 heteroatoms. The third kappa shape index (κ3) is 2.54. The molecule has 0 saturated carbocycles. The second-order valence-corrected chi connectivity index (χ2v) is 3.57. The average Bonchev–Trinajstić information content (AvgIpc) is 2.07. The minimum atomic E-state index is -3.49. The topological polar surface area (TPSA) is 38.0 Å². The third-order valence-corrected chi connectivity index (χ3v) is 2.27. The van der Waals surface area contributed by atoms with Crippen molar-refractivity contribution in [3.63, 3.8) is 0 Å². The molecule has 2 nitrogen and oxygen atoms in total. The van der Waals surface area contributed by atoms with Crippen LogP contribution in [0.4, 0.5) is 8.78 Å². The summed E-state index contributed by atoms with van der Waals surface area (Å²) >= 11 is 10.6. The maximum Gasteiger partial charge on any atom is 0.342 e. The molecule has 0 bridgehead atoms. The van der Waals surface area contributed by atoms with Crippen LogP contribution in [0.2, 0.25) is 5.02 Å². The van der Waals surface area contributed by atoms with Crippen LogP contribution in [0.25, 0.3) is 0 Å². The van der Waals surface area contributed by atoms with Crippen molar-refractivity contribution in [2.24, 2.45) is 5.84 Å². The van der Waals surface area contributed by atoms with Gasteiger partial charge in [-0.15, -0.1) is 0 Å². The Labute approximate surface area is 90.0 Å². The van der Waals surface area contributed by atoms with Gasteiger partial charge in [-0.1, -0.05) is 29.8 Å². The summed E-state index contributed by atoms with van der Waals surface area (Å²) in [5.74, 6) is 4.99. The quantitative estimate of drug-likeness (QED) is 0.485. The van der Waals surface area contributed by atoms with E-state index in [1.54, 1.807) is 12.1 Å². The maximum absolute atomic E-state index is 12.8. The Morgan fingerprint density at radius 3 is 2.36 bits per heavy atom. The zero-order valence-electron chi connectivity index (χ0n) is 6.98. The van der Waals surface area contributed by atoms with E-state index >= 15 is 0 Å². The highest BCUT2D eigenvalue weighted by molar-refractivity contribution is 6.31. The minimum absolute atomic E-state index is 0.164. The van der Waals surface area contributed by atoms with E-state index in [9.17, 15) is 8.78 Å². The van der Waals surface area contributed by atoms with Gasteiger partial charge in [-0.2, -0.15) is 8.78 Å². The maximum atomic E-state index is 12.8. The van der Waals surface area contributed by atoms with E-state index in [0.717, 1.165) is 0 Å². The lowest BCUT2D eigenvalue weighted by atomic mass is 10.1. The number of halogens is 4. The Kier molecular flexibility index (Phi) is 3.66. The van der Waals surface area contributed by atoms with Gasteiger partial charge in [0.25, 0.3) is 0 Å². The molecular formula is C8H8Cl2F2N2. The van der Waals surface area contributed by atoms with Gasteiger partial charge in [-0.3, -0.25) is 5.84 Å². The number of nitrogens with one attached hydrogen (secondary N) is 1. The zero-order chi connectivity index (χ0) is 10.8. The number of hydrogen-bond acceptors (Lipinski definition) is 2. The number of alkyl halides is 3. The Balaban J connectivity index is 3.08. The fourth-order valence-electron chi connectivity index (χ4n) is 1.07. The standard InChI is InChI=1S/C8H8Cl2F2N2/c9-6-4-2-1-3-5(6)7(14-13)8(10,11)12/h1-4,7,14H,13H2. The van der Waals surface area contributed by atoms with Crippen molar-refractivity contribution < 1.29 is 8.78 Å². The lowest BCUT2D eigenvalue weighted by molar-refractivity contribution is 0.0498. The molecule has 0 amide bonds. The van der Waals surface area contributed by atoms with E-state index in [1.807, 2.05) is 5.43 Å². The molecule has 0 spiro atoms. The zero-order valence-corrected chi connectivity index (χ0v) is 8.49. The molecule has 0 aliphatic heterocycles. The van der Waals surface area contributed by atoms with Gasteiger partial charge in [0.15, 0.2) is 0 Å². The molecule has 0 aromatic heterocycles. The fraction of sp³-hybridized carbons (Fsp3) is 0.250. The van der Waals surface area contributed by atoms with Gasteiger partial charge in [0.05, 0.1) is 0 Å². The molecule has 0 fully saturated rings. The van der Waals surface area contributed by atoms with Gasteiger partial charge >= 0.3 is 5.38 Å². The summed E-state index contributed by atoms with van der Waals surface area (Å²) in [6.07, 6.45) is 0. The normalized spacial score (nSPS) is 14.1. The molecule has 1 unspecified atom stereocenters. The van der Waals surface area contributed by atoms with Gasteiger partial charge in [-0.05, 0) is 23.2 Å². The molecule has 1 rings (SSSR count). The van der Waals surface area contributed by atoms with Crippen molar-refractivity contribution in [3.8, 4) is 0 Å². The van der Waals surface area contributed by atoms with Crippen LogP contribution in [0, 0.1) is 0 Å². The number of rotatable bonds is 3. The minimum Gasteiger partial charge on any atom is -0.271 e.